The van der Waals surface area contributed by atoms with Crippen LogP contribution < -0.4 is 4.90 Å². The number of nitro groups is 1. The SMILES string of the molecule is O=[N+]([O-])c1ccc(Cl)cc1N1CCCC1CCCO. The average Bonchev–Trinajstić information content (AvgIpc) is 2.83. The second-order valence-electron chi connectivity index (χ2n) is 4.75. The van der Waals surface area contributed by atoms with E-state index >= 15 is 0 Å². The zero-order valence-corrected chi connectivity index (χ0v) is 11.3. The van der Waals surface area contributed by atoms with Crippen molar-refractivity contribution >= 4 is 23.0 Å². The Bertz CT molecular complexity index is 467. The van der Waals surface area contributed by atoms with E-state index in [0.29, 0.717) is 10.7 Å². The molecule has 1 N–H and O–H groups in total. The van der Waals surface area contributed by atoms with Gasteiger partial charge in [-0.2, -0.15) is 0 Å². The summed E-state index contributed by atoms with van der Waals surface area (Å²) in [7, 11) is 0. The average molecular weight is 285 g/mol. The predicted molar refractivity (Wildman–Crippen MR) is 74.8 cm³/mol. The number of hydrogen-bond donors (Lipinski definition) is 1. The van der Waals surface area contributed by atoms with Gasteiger partial charge in [-0.1, -0.05) is 11.6 Å². The summed E-state index contributed by atoms with van der Waals surface area (Å²) in [6.45, 7) is 0.958. The van der Waals surface area contributed by atoms with Crippen molar-refractivity contribution in [1.82, 2.24) is 0 Å². The van der Waals surface area contributed by atoms with Crippen LogP contribution in [0.1, 0.15) is 25.7 Å². The first-order valence-corrected chi connectivity index (χ1v) is 6.82. The Kier molecular flexibility index (Phi) is 4.61. The molecule has 19 heavy (non-hydrogen) atoms. The first kappa shape index (κ1) is 14.1. The van der Waals surface area contributed by atoms with Crippen LogP contribution in [0, 0.1) is 10.1 Å². The molecular formula is C13H17ClN2O3. The van der Waals surface area contributed by atoms with Gasteiger partial charge in [-0.15, -0.1) is 0 Å². The number of aliphatic hydroxyl groups is 1. The number of nitrogens with zero attached hydrogens (tertiary/aromatic N) is 2. The Morgan fingerprint density at radius 1 is 1.53 bits per heavy atom. The van der Waals surface area contributed by atoms with Crippen molar-refractivity contribution in [1.29, 1.82) is 0 Å². The van der Waals surface area contributed by atoms with E-state index < -0.39 is 0 Å². The number of rotatable bonds is 5. The Balaban J connectivity index is 2.28. The monoisotopic (exact) mass is 284 g/mol. The van der Waals surface area contributed by atoms with Gasteiger partial charge in [-0.25, -0.2) is 0 Å². The maximum atomic E-state index is 11.1. The van der Waals surface area contributed by atoms with Gasteiger partial charge in [-0.05, 0) is 37.8 Å². The van der Waals surface area contributed by atoms with Gasteiger partial charge in [-0.3, -0.25) is 10.1 Å². The molecule has 5 nitrogen and oxygen atoms in total. The highest BCUT2D eigenvalue weighted by Gasteiger charge is 2.29. The zero-order chi connectivity index (χ0) is 13.8. The van der Waals surface area contributed by atoms with Crippen LogP contribution in [0.4, 0.5) is 11.4 Å². The predicted octanol–water partition coefficient (Wildman–Crippen LogP) is 2.99. The van der Waals surface area contributed by atoms with Gasteiger partial charge in [0.05, 0.1) is 4.92 Å². The molecular weight excluding hydrogens is 268 g/mol. The standard InChI is InChI=1S/C13H17ClN2O3/c14-10-5-6-12(16(18)19)13(9-10)15-7-1-3-11(15)4-2-8-17/h5-6,9,11,17H,1-4,7-8H2. The Morgan fingerprint density at radius 3 is 3.00 bits per heavy atom. The van der Waals surface area contributed by atoms with E-state index in [9.17, 15) is 10.1 Å². The van der Waals surface area contributed by atoms with Crippen molar-refractivity contribution in [2.45, 2.75) is 31.7 Å². The molecule has 1 fully saturated rings. The number of halogens is 1. The fourth-order valence-electron chi connectivity index (χ4n) is 2.66. The summed E-state index contributed by atoms with van der Waals surface area (Å²) in [6, 6.07) is 4.92. The first-order chi connectivity index (χ1) is 9.13. The molecule has 0 bridgehead atoms. The van der Waals surface area contributed by atoms with Gasteiger partial charge >= 0.3 is 0 Å². The van der Waals surface area contributed by atoms with Gasteiger partial charge in [0.1, 0.15) is 5.69 Å². The lowest BCUT2D eigenvalue weighted by Crippen LogP contribution is -2.29. The van der Waals surface area contributed by atoms with Crippen molar-refractivity contribution in [3.05, 3.63) is 33.3 Å². The molecule has 6 heteroatoms. The minimum Gasteiger partial charge on any atom is -0.396 e. The summed E-state index contributed by atoms with van der Waals surface area (Å²) in [5, 5.41) is 20.5. The summed E-state index contributed by atoms with van der Waals surface area (Å²) >= 11 is 5.96. The second kappa shape index (κ2) is 6.21. The smallest absolute Gasteiger partial charge is 0.292 e. The van der Waals surface area contributed by atoms with E-state index in [1.165, 1.54) is 6.07 Å². The van der Waals surface area contributed by atoms with Crippen LogP contribution in [0.2, 0.25) is 5.02 Å². The minimum atomic E-state index is -0.368. The Labute approximate surface area is 116 Å². The summed E-state index contributed by atoms with van der Waals surface area (Å²) in [5.74, 6) is 0. The fourth-order valence-corrected chi connectivity index (χ4v) is 2.83. The topological polar surface area (TPSA) is 66.6 Å². The van der Waals surface area contributed by atoms with Crippen molar-refractivity contribution in [2.75, 3.05) is 18.1 Å². The first-order valence-electron chi connectivity index (χ1n) is 6.45. The fraction of sp³-hybridized carbons (Fsp3) is 0.538. The quantitative estimate of drug-likeness (QED) is 0.667. The normalized spacial score (nSPS) is 18.8. The van der Waals surface area contributed by atoms with Gasteiger partial charge in [0.15, 0.2) is 0 Å². The molecule has 0 amide bonds. The molecule has 1 saturated heterocycles. The van der Waals surface area contributed by atoms with Crippen LogP contribution in [0.15, 0.2) is 18.2 Å². The van der Waals surface area contributed by atoms with Crippen LogP contribution in [-0.4, -0.2) is 29.2 Å². The molecule has 2 rings (SSSR count). The third-order valence-corrected chi connectivity index (χ3v) is 3.75. The number of hydrogen-bond acceptors (Lipinski definition) is 4. The molecule has 1 aliphatic rings. The summed E-state index contributed by atoms with van der Waals surface area (Å²) in [5.41, 5.74) is 0.693. The lowest BCUT2D eigenvalue weighted by Gasteiger charge is -2.26. The van der Waals surface area contributed by atoms with Crippen molar-refractivity contribution in [2.24, 2.45) is 0 Å². The molecule has 0 aliphatic carbocycles. The molecule has 0 spiro atoms. The van der Waals surface area contributed by atoms with Crippen LogP contribution in [-0.2, 0) is 0 Å². The molecule has 1 aliphatic heterocycles. The zero-order valence-electron chi connectivity index (χ0n) is 10.6. The number of nitro benzene ring substituents is 1. The van der Waals surface area contributed by atoms with Crippen LogP contribution in [0.5, 0.6) is 0 Å². The van der Waals surface area contributed by atoms with E-state index in [4.69, 9.17) is 16.7 Å². The molecule has 0 aromatic heterocycles. The molecule has 0 radical (unpaired) electrons. The molecule has 1 atom stereocenters. The largest absolute Gasteiger partial charge is 0.396 e. The number of anilines is 1. The van der Waals surface area contributed by atoms with Gasteiger partial charge in [0, 0.05) is 30.3 Å². The summed E-state index contributed by atoms with van der Waals surface area (Å²) < 4.78 is 0. The van der Waals surface area contributed by atoms with Crippen molar-refractivity contribution < 1.29 is 10.0 Å². The molecule has 1 unspecified atom stereocenters. The molecule has 0 saturated carbocycles. The maximum Gasteiger partial charge on any atom is 0.292 e. The van der Waals surface area contributed by atoms with E-state index in [-0.39, 0.29) is 23.3 Å². The van der Waals surface area contributed by atoms with Gasteiger partial charge in [0.2, 0.25) is 0 Å². The minimum absolute atomic E-state index is 0.0975. The lowest BCUT2D eigenvalue weighted by atomic mass is 10.1. The molecule has 104 valence electrons. The van der Waals surface area contributed by atoms with Crippen molar-refractivity contribution in [3.63, 3.8) is 0 Å². The van der Waals surface area contributed by atoms with Crippen LogP contribution in [0.3, 0.4) is 0 Å². The third kappa shape index (κ3) is 3.16. The molecule has 1 heterocycles. The van der Waals surface area contributed by atoms with Gasteiger partial charge in [0.25, 0.3) is 5.69 Å². The van der Waals surface area contributed by atoms with Crippen molar-refractivity contribution in [3.8, 4) is 0 Å². The van der Waals surface area contributed by atoms with Crippen LogP contribution in [0.25, 0.3) is 0 Å². The highest BCUT2D eigenvalue weighted by Crippen LogP contribution is 2.36. The number of benzene rings is 1. The van der Waals surface area contributed by atoms with Crippen LogP contribution >= 0.6 is 11.6 Å². The summed E-state index contributed by atoms with van der Waals surface area (Å²) in [4.78, 5) is 12.8. The number of aliphatic hydroxyl groups excluding tert-OH is 1. The van der Waals surface area contributed by atoms with E-state index in [0.717, 1.165) is 32.2 Å². The second-order valence-corrected chi connectivity index (χ2v) is 5.18. The Hall–Kier alpha value is -1.33. The van der Waals surface area contributed by atoms with E-state index in [1.807, 2.05) is 0 Å². The highest BCUT2D eigenvalue weighted by atomic mass is 35.5. The molecule has 1 aromatic rings. The maximum absolute atomic E-state index is 11.1. The van der Waals surface area contributed by atoms with Gasteiger partial charge < -0.3 is 10.0 Å². The van der Waals surface area contributed by atoms with E-state index in [1.54, 1.807) is 12.1 Å². The van der Waals surface area contributed by atoms with E-state index in [2.05, 4.69) is 4.90 Å². The molecule has 1 aromatic carbocycles. The third-order valence-electron chi connectivity index (χ3n) is 3.52. The Morgan fingerprint density at radius 2 is 2.32 bits per heavy atom. The summed E-state index contributed by atoms with van der Waals surface area (Å²) in [6.07, 6.45) is 3.58. The highest BCUT2D eigenvalue weighted by molar-refractivity contribution is 6.31. The lowest BCUT2D eigenvalue weighted by molar-refractivity contribution is -0.384.